The van der Waals surface area contributed by atoms with Crippen LogP contribution in [0.15, 0.2) is 48.7 Å². The molecule has 21 heavy (non-hydrogen) atoms. The van der Waals surface area contributed by atoms with Gasteiger partial charge in [-0.05, 0) is 61.9 Å². The highest BCUT2D eigenvalue weighted by atomic mass is 14.9. The third-order valence-electron chi connectivity index (χ3n) is 4.65. The average molecular weight is 280 g/mol. The SMILES string of the molecule is CNC(Cc1ccccn1)CC1CCCc2ccccc21. The van der Waals surface area contributed by atoms with Crippen LogP contribution >= 0.6 is 0 Å². The number of aromatic nitrogens is 1. The number of pyridine rings is 1. The molecule has 1 N–H and O–H groups in total. The van der Waals surface area contributed by atoms with Crippen LogP contribution in [-0.2, 0) is 12.8 Å². The van der Waals surface area contributed by atoms with Crippen molar-refractivity contribution in [2.45, 2.75) is 44.1 Å². The van der Waals surface area contributed by atoms with Crippen molar-refractivity contribution in [1.29, 1.82) is 0 Å². The first-order valence-electron chi connectivity index (χ1n) is 8.02. The zero-order valence-corrected chi connectivity index (χ0v) is 12.8. The molecule has 2 atom stereocenters. The fraction of sp³-hybridized carbons (Fsp3) is 0.421. The van der Waals surface area contributed by atoms with E-state index < -0.39 is 0 Å². The number of benzene rings is 1. The molecular weight excluding hydrogens is 256 g/mol. The van der Waals surface area contributed by atoms with E-state index in [2.05, 4.69) is 53.7 Å². The van der Waals surface area contributed by atoms with Gasteiger partial charge in [-0.1, -0.05) is 30.3 Å². The second-order valence-corrected chi connectivity index (χ2v) is 6.03. The van der Waals surface area contributed by atoms with Crippen LogP contribution in [0.2, 0.25) is 0 Å². The van der Waals surface area contributed by atoms with Gasteiger partial charge in [-0.2, -0.15) is 0 Å². The summed E-state index contributed by atoms with van der Waals surface area (Å²) in [5.74, 6) is 0.691. The number of hydrogen-bond acceptors (Lipinski definition) is 2. The monoisotopic (exact) mass is 280 g/mol. The minimum absolute atomic E-state index is 0.496. The van der Waals surface area contributed by atoms with Crippen molar-refractivity contribution in [3.05, 3.63) is 65.5 Å². The second-order valence-electron chi connectivity index (χ2n) is 6.03. The molecule has 0 spiro atoms. The molecule has 0 bridgehead atoms. The Morgan fingerprint density at radius 3 is 2.86 bits per heavy atom. The first-order chi connectivity index (χ1) is 10.4. The molecule has 0 amide bonds. The Morgan fingerprint density at radius 1 is 1.19 bits per heavy atom. The molecule has 1 heterocycles. The van der Waals surface area contributed by atoms with Crippen molar-refractivity contribution in [2.75, 3.05) is 7.05 Å². The largest absolute Gasteiger partial charge is 0.317 e. The summed E-state index contributed by atoms with van der Waals surface area (Å²) in [5, 5.41) is 3.49. The highest BCUT2D eigenvalue weighted by molar-refractivity contribution is 5.32. The fourth-order valence-electron chi connectivity index (χ4n) is 3.52. The van der Waals surface area contributed by atoms with Crippen LogP contribution in [0.4, 0.5) is 0 Å². The van der Waals surface area contributed by atoms with Crippen LogP contribution < -0.4 is 5.32 Å². The first-order valence-corrected chi connectivity index (χ1v) is 8.02. The van der Waals surface area contributed by atoms with E-state index in [4.69, 9.17) is 0 Å². The van der Waals surface area contributed by atoms with Gasteiger partial charge >= 0.3 is 0 Å². The summed E-state index contributed by atoms with van der Waals surface area (Å²) in [4.78, 5) is 4.46. The number of likely N-dealkylation sites (N-methyl/N-ethyl adjacent to an activating group) is 1. The molecule has 1 aliphatic carbocycles. The van der Waals surface area contributed by atoms with Gasteiger partial charge in [-0.3, -0.25) is 4.98 Å². The lowest BCUT2D eigenvalue weighted by atomic mass is 9.79. The van der Waals surface area contributed by atoms with Gasteiger partial charge < -0.3 is 5.32 Å². The van der Waals surface area contributed by atoms with E-state index in [-0.39, 0.29) is 0 Å². The van der Waals surface area contributed by atoms with E-state index in [0.29, 0.717) is 12.0 Å². The lowest BCUT2D eigenvalue weighted by Crippen LogP contribution is -2.30. The molecule has 2 nitrogen and oxygen atoms in total. The van der Waals surface area contributed by atoms with Crippen LogP contribution in [0.25, 0.3) is 0 Å². The molecule has 0 aliphatic heterocycles. The van der Waals surface area contributed by atoms with Crippen molar-refractivity contribution in [3.63, 3.8) is 0 Å². The molecule has 1 aliphatic rings. The zero-order valence-electron chi connectivity index (χ0n) is 12.8. The van der Waals surface area contributed by atoms with Crippen molar-refractivity contribution >= 4 is 0 Å². The minimum atomic E-state index is 0.496. The highest BCUT2D eigenvalue weighted by Crippen LogP contribution is 2.34. The molecule has 110 valence electrons. The maximum absolute atomic E-state index is 4.46. The van der Waals surface area contributed by atoms with E-state index in [1.807, 2.05) is 12.3 Å². The third kappa shape index (κ3) is 3.51. The minimum Gasteiger partial charge on any atom is -0.317 e. The lowest BCUT2D eigenvalue weighted by molar-refractivity contribution is 0.426. The Hall–Kier alpha value is -1.67. The summed E-state index contributed by atoms with van der Waals surface area (Å²) in [7, 11) is 2.07. The first kappa shape index (κ1) is 14.3. The molecule has 0 saturated carbocycles. The van der Waals surface area contributed by atoms with Gasteiger partial charge in [0.2, 0.25) is 0 Å². The van der Waals surface area contributed by atoms with E-state index in [1.54, 1.807) is 11.1 Å². The number of aryl methyl sites for hydroxylation is 1. The summed E-state index contributed by atoms with van der Waals surface area (Å²) in [6, 6.07) is 15.7. The van der Waals surface area contributed by atoms with Crippen molar-refractivity contribution in [2.24, 2.45) is 0 Å². The van der Waals surface area contributed by atoms with Crippen LogP contribution in [0.3, 0.4) is 0 Å². The molecule has 1 aromatic carbocycles. The molecule has 0 saturated heterocycles. The lowest BCUT2D eigenvalue weighted by Gasteiger charge is -2.29. The van der Waals surface area contributed by atoms with Gasteiger partial charge in [0.05, 0.1) is 0 Å². The molecule has 3 rings (SSSR count). The Balaban J connectivity index is 1.70. The number of hydrogen-bond donors (Lipinski definition) is 1. The standard InChI is InChI=1S/C19H24N2/c1-20-18(14-17-10-4-5-12-21-17)13-16-9-6-8-15-7-2-3-11-19(15)16/h2-5,7,10-12,16,18,20H,6,8-9,13-14H2,1H3. The van der Waals surface area contributed by atoms with Gasteiger partial charge in [-0.15, -0.1) is 0 Å². The van der Waals surface area contributed by atoms with E-state index >= 15 is 0 Å². The second kappa shape index (κ2) is 6.86. The smallest absolute Gasteiger partial charge is 0.0419 e. The molecule has 0 radical (unpaired) electrons. The predicted octanol–water partition coefficient (Wildman–Crippen LogP) is 3.72. The highest BCUT2D eigenvalue weighted by Gasteiger charge is 2.22. The van der Waals surface area contributed by atoms with Crippen LogP contribution in [0.5, 0.6) is 0 Å². The summed E-state index contributed by atoms with van der Waals surface area (Å²) >= 11 is 0. The molecular formula is C19H24N2. The fourth-order valence-corrected chi connectivity index (χ4v) is 3.52. The Bertz CT molecular complexity index is 565. The van der Waals surface area contributed by atoms with Gasteiger partial charge in [0.15, 0.2) is 0 Å². The predicted molar refractivity (Wildman–Crippen MR) is 87.5 cm³/mol. The molecule has 2 heteroatoms. The summed E-state index contributed by atoms with van der Waals surface area (Å²) < 4.78 is 0. The average Bonchev–Trinajstić information content (AvgIpc) is 2.55. The number of nitrogens with zero attached hydrogens (tertiary/aromatic N) is 1. The number of rotatable bonds is 5. The van der Waals surface area contributed by atoms with Crippen LogP contribution in [0, 0.1) is 0 Å². The van der Waals surface area contributed by atoms with Gasteiger partial charge in [0.25, 0.3) is 0 Å². The summed E-state index contributed by atoms with van der Waals surface area (Å²) in [6.45, 7) is 0. The van der Waals surface area contributed by atoms with Crippen molar-refractivity contribution < 1.29 is 0 Å². The van der Waals surface area contributed by atoms with Crippen molar-refractivity contribution in [3.8, 4) is 0 Å². The Labute approximate surface area is 127 Å². The van der Waals surface area contributed by atoms with E-state index in [9.17, 15) is 0 Å². The maximum atomic E-state index is 4.46. The third-order valence-corrected chi connectivity index (χ3v) is 4.65. The zero-order chi connectivity index (χ0) is 14.5. The summed E-state index contributed by atoms with van der Waals surface area (Å²) in [5.41, 5.74) is 4.31. The van der Waals surface area contributed by atoms with E-state index in [0.717, 1.165) is 6.42 Å². The van der Waals surface area contributed by atoms with Crippen LogP contribution in [0.1, 0.15) is 42.0 Å². The van der Waals surface area contributed by atoms with Crippen molar-refractivity contribution in [1.82, 2.24) is 10.3 Å². The normalized spacial score (nSPS) is 19.0. The van der Waals surface area contributed by atoms with Crippen LogP contribution in [-0.4, -0.2) is 18.1 Å². The molecule has 2 unspecified atom stereocenters. The summed E-state index contributed by atoms with van der Waals surface area (Å²) in [6.07, 6.45) is 7.98. The van der Waals surface area contributed by atoms with Gasteiger partial charge in [0.1, 0.15) is 0 Å². The molecule has 2 aromatic rings. The Morgan fingerprint density at radius 2 is 2.05 bits per heavy atom. The van der Waals surface area contributed by atoms with Gasteiger partial charge in [0, 0.05) is 24.4 Å². The maximum Gasteiger partial charge on any atom is 0.0419 e. The van der Waals surface area contributed by atoms with Gasteiger partial charge in [-0.25, -0.2) is 0 Å². The quantitative estimate of drug-likeness (QED) is 0.903. The molecule has 1 aromatic heterocycles. The van der Waals surface area contributed by atoms with E-state index in [1.165, 1.54) is 31.4 Å². The Kier molecular flexibility index (Phi) is 4.66. The molecule has 0 fully saturated rings. The number of fused-ring (bicyclic) bond motifs is 1. The topological polar surface area (TPSA) is 24.9 Å². The number of nitrogens with one attached hydrogen (secondary N) is 1.